The Morgan fingerprint density at radius 2 is 1.89 bits per heavy atom. The SMILES string of the molecule is O=CC(=Cc1ccc([N+](=O)[O-])o1)c1ccc(Cl)cc1. The first-order valence-corrected chi connectivity index (χ1v) is 5.65. The lowest BCUT2D eigenvalue weighted by molar-refractivity contribution is -0.402. The van der Waals surface area contributed by atoms with Crippen LogP contribution in [-0.4, -0.2) is 11.2 Å². The van der Waals surface area contributed by atoms with Crippen molar-refractivity contribution < 1.29 is 14.1 Å². The minimum Gasteiger partial charge on any atom is -0.401 e. The molecule has 0 unspecified atom stereocenters. The molecule has 0 radical (unpaired) electrons. The molecule has 1 aromatic heterocycles. The first-order valence-electron chi connectivity index (χ1n) is 5.27. The Bertz CT molecular complexity index is 643. The molecule has 0 N–H and O–H groups in total. The van der Waals surface area contributed by atoms with Crippen molar-refractivity contribution in [3.63, 3.8) is 0 Å². The highest BCUT2D eigenvalue weighted by atomic mass is 35.5. The van der Waals surface area contributed by atoms with Crippen LogP contribution in [0.25, 0.3) is 11.6 Å². The number of rotatable bonds is 4. The zero-order valence-electron chi connectivity index (χ0n) is 9.58. The van der Waals surface area contributed by atoms with Gasteiger partial charge in [-0.05, 0) is 29.8 Å². The molecular formula is C13H8ClNO4. The molecule has 0 aliphatic carbocycles. The third-order valence-electron chi connectivity index (χ3n) is 2.39. The van der Waals surface area contributed by atoms with E-state index in [0.717, 1.165) is 0 Å². The predicted octanol–water partition coefficient (Wildman–Crippen LogP) is 3.58. The summed E-state index contributed by atoms with van der Waals surface area (Å²) in [5, 5.41) is 11.0. The molecule has 0 atom stereocenters. The van der Waals surface area contributed by atoms with Gasteiger partial charge in [0.2, 0.25) is 0 Å². The van der Waals surface area contributed by atoms with E-state index >= 15 is 0 Å². The summed E-state index contributed by atoms with van der Waals surface area (Å²) < 4.78 is 4.96. The molecule has 0 fully saturated rings. The van der Waals surface area contributed by atoms with Gasteiger partial charge in [0.25, 0.3) is 0 Å². The van der Waals surface area contributed by atoms with Crippen molar-refractivity contribution in [2.75, 3.05) is 0 Å². The molecule has 0 aliphatic heterocycles. The highest BCUT2D eigenvalue weighted by molar-refractivity contribution is 6.30. The Morgan fingerprint density at radius 1 is 1.21 bits per heavy atom. The molecule has 0 bridgehead atoms. The Balaban J connectivity index is 2.34. The number of hydrogen-bond acceptors (Lipinski definition) is 4. The predicted molar refractivity (Wildman–Crippen MR) is 70.7 cm³/mol. The Labute approximate surface area is 113 Å². The van der Waals surface area contributed by atoms with Gasteiger partial charge in [-0.25, -0.2) is 0 Å². The van der Waals surface area contributed by atoms with E-state index in [0.29, 0.717) is 22.4 Å². The highest BCUT2D eigenvalue weighted by Gasteiger charge is 2.11. The van der Waals surface area contributed by atoms with E-state index in [9.17, 15) is 14.9 Å². The maximum absolute atomic E-state index is 11.1. The number of carbonyl (C=O) groups is 1. The number of aldehydes is 1. The fraction of sp³-hybridized carbons (Fsp3) is 0. The van der Waals surface area contributed by atoms with Crippen LogP contribution in [0.4, 0.5) is 5.88 Å². The van der Waals surface area contributed by atoms with Crippen molar-refractivity contribution in [3.05, 3.63) is 62.9 Å². The number of halogens is 1. The number of carbonyl (C=O) groups excluding carboxylic acids is 1. The van der Waals surface area contributed by atoms with Crippen LogP contribution in [0.1, 0.15) is 11.3 Å². The van der Waals surface area contributed by atoms with E-state index in [1.54, 1.807) is 24.3 Å². The summed E-state index contributed by atoms with van der Waals surface area (Å²) in [6.07, 6.45) is 2.08. The van der Waals surface area contributed by atoms with Gasteiger partial charge in [0.15, 0.2) is 6.29 Å². The van der Waals surface area contributed by atoms with Gasteiger partial charge in [0.05, 0.1) is 6.07 Å². The topological polar surface area (TPSA) is 73.3 Å². The van der Waals surface area contributed by atoms with Gasteiger partial charge in [0, 0.05) is 10.6 Å². The van der Waals surface area contributed by atoms with Crippen LogP contribution in [0.3, 0.4) is 0 Å². The average Bonchev–Trinajstić information content (AvgIpc) is 2.86. The van der Waals surface area contributed by atoms with Crippen LogP contribution < -0.4 is 0 Å². The molecule has 6 heteroatoms. The molecule has 0 aliphatic rings. The maximum atomic E-state index is 11.1. The van der Waals surface area contributed by atoms with Crippen LogP contribution in [0.5, 0.6) is 0 Å². The normalized spacial score (nSPS) is 11.3. The average molecular weight is 278 g/mol. The van der Waals surface area contributed by atoms with Crippen molar-refractivity contribution in [2.24, 2.45) is 0 Å². The first kappa shape index (κ1) is 13.0. The highest BCUT2D eigenvalue weighted by Crippen LogP contribution is 2.22. The Hall–Kier alpha value is -2.40. The van der Waals surface area contributed by atoms with Gasteiger partial charge in [0.1, 0.15) is 10.7 Å². The van der Waals surface area contributed by atoms with Gasteiger partial charge < -0.3 is 4.42 Å². The second-order valence-corrected chi connectivity index (χ2v) is 4.09. The molecule has 0 spiro atoms. The first-order chi connectivity index (χ1) is 9.10. The van der Waals surface area contributed by atoms with Crippen molar-refractivity contribution in [1.29, 1.82) is 0 Å². The van der Waals surface area contributed by atoms with E-state index in [1.165, 1.54) is 18.2 Å². The third-order valence-corrected chi connectivity index (χ3v) is 2.65. The minimum absolute atomic E-state index is 0.240. The molecule has 5 nitrogen and oxygen atoms in total. The molecule has 0 amide bonds. The van der Waals surface area contributed by atoms with Crippen LogP contribution in [-0.2, 0) is 4.79 Å². The lowest BCUT2D eigenvalue weighted by Crippen LogP contribution is -1.85. The van der Waals surface area contributed by atoms with E-state index in [-0.39, 0.29) is 11.6 Å². The molecule has 2 rings (SSSR count). The number of allylic oxidation sites excluding steroid dienone is 1. The van der Waals surface area contributed by atoms with Gasteiger partial charge in [-0.3, -0.25) is 14.9 Å². The van der Waals surface area contributed by atoms with Crippen LogP contribution in [0.15, 0.2) is 40.8 Å². The van der Waals surface area contributed by atoms with Crippen molar-refractivity contribution in [2.45, 2.75) is 0 Å². The molecule has 2 aromatic rings. The second kappa shape index (κ2) is 5.49. The van der Waals surface area contributed by atoms with E-state index in [2.05, 4.69) is 0 Å². The fourth-order valence-electron chi connectivity index (χ4n) is 1.50. The lowest BCUT2D eigenvalue weighted by atomic mass is 10.1. The summed E-state index contributed by atoms with van der Waals surface area (Å²) in [7, 11) is 0. The van der Waals surface area contributed by atoms with Gasteiger partial charge >= 0.3 is 5.88 Å². The molecule has 0 saturated heterocycles. The third kappa shape index (κ3) is 3.08. The lowest BCUT2D eigenvalue weighted by Gasteiger charge is -1.99. The van der Waals surface area contributed by atoms with Gasteiger partial charge in [-0.1, -0.05) is 23.7 Å². The molecule has 19 heavy (non-hydrogen) atoms. The van der Waals surface area contributed by atoms with Crippen molar-refractivity contribution in [3.8, 4) is 0 Å². The Kier molecular flexibility index (Phi) is 3.77. The maximum Gasteiger partial charge on any atom is 0.433 e. The fourth-order valence-corrected chi connectivity index (χ4v) is 1.62. The van der Waals surface area contributed by atoms with Gasteiger partial charge in [-0.2, -0.15) is 0 Å². The number of nitro groups is 1. The number of nitrogens with zero attached hydrogens (tertiary/aromatic N) is 1. The zero-order valence-corrected chi connectivity index (χ0v) is 10.3. The largest absolute Gasteiger partial charge is 0.433 e. The van der Waals surface area contributed by atoms with Crippen LogP contribution in [0, 0.1) is 10.1 Å². The molecule has 1 heterocycles. The molecular weight excluding hydrogens is 270 g/mol. The smallest absolute Gasteiger partial charge is 0.401 e. The monoisotopic (exact) mass is 277 g/mol. The molecule has 1 aromatic carbocycles. The summed E-state index contributed by atoms with van der Waals surface area (Å²) in [5.74, 6) is -0.128. The summed E-state index contributed by atoms with van der Waals surface area (Å²) in [6, 6.07) is 9.32. The minimum atomic E-state index is -0.639. The number of benzene rings is 1. The van der Waals surface area contributed by atoms with E-state index in [1.807, 2.05) is 0 Å². The van der Waals surface area contributed by atoms with Crippen molar-refractivity contribution >= 4 is 35.4 Å². The summed E-state index contributed by atoms with van der Waals surface area (Å²) in [4.78, 5) is 20.9. The quantitative estimate of drug-likeness (QED) is 0.370. The number of furan rings is 1. The van der Waals surface area contributed by atoms with E-state index < -0.39 is 4.92 Å². The Morgan fingerprint density at radius 3 is 2.42 bits per heavy atom. The van der Waals surface area contributed by atoms with Gasteiger partial charge in [-0.15, -0.1) is 0 Å². The summed E-state index contributed by atoms with van der Waals surface area (Å²) >= 11 is 5.76. The summed E-state index contributed by atoms with van der Waals surface area (Å²) in [6.45, 7) is 0. The summed E-state index contributed by atoms with van der Waals surface area (Å²) in [5.41, 5.74) is 0.999. The molecule has 0 saturated carbocycles. The van der Waals surface area contributed by atoms with Crippen molar-refractivity contribution in [1.82, 2.24) is 0 Å². The van der Waals surface area contributed by atoms with Crippen LogP contribution >= 0.6 is 11.6 Å². The van der Waals surface area contributed by atoms with E-state index in [4.69, 9.17) is 16.0 Å². The molecule has 96 valence electrons. The van der Waals surface area contributed by atoms with Crippen LogP contribution in [0.2, 0.25) is 5.02 Å². The number of hydrogen-bond donors (Lipinski definition) is 0. The second-order valence-electron chi connectivity index (χ2n) is 3.66. The standard InChI is InChI=1S/C13H8ClNO4/c14-11-3-1-9(2-4-11)10(8-16)7-12-5-6-13(19-12)15(17)18/h1-8H. The zero-order chi connectivity index (χ0) is 13.8.